The molecule has 0 aliphatic carbocycles. The van der Waals surface area contributed by atoms with Crippen molar-refractivity contribution in [2.75, 3.05) is 20.3 Å². The van der Waals surface area contributed by atoms with Crippen LogP contribution in [0.15, 0.2) is 0 Å². The van der Waals surface area contributed by atoms with E-state index in [1.165, 1.54) is 7.11 Å². The summed E-state index contributed by atoms with van der Waals surface area (Å²) in [6.45, 7) is -1.16. The molecule has 0 aromatic heterocycles. The molecule has 1 heterocycles. The van der Waals surface area contributed by atoms with Gasteiger partial charge in [0.2, 0.25) is 0 Å². The van der Waals surface area contributed by atoms with Crippen LogP contribution >= 0.6 is 0 Å². The molecule has 4 N–H and O–H groups in total. The zero-order valence-corrected chi connectivity index (χ0v) is 7.96. The van der Waals surface area contributed by atoms with Crippen molar-refractivity contribution in [3.8, 4) is 0 Å². The average Bonchev–Trinajstić information content (AvgIpc) is 2.22. The highest BCUT2D eigenvalue weighted by Gasteiger charge is 2.48. The molecule has 84 valence electrons. The Morgan fingerprint density at radius 3 is 2.36 bits per heavy atom. The first-order valence-electron chi connectivity index (χ1n) is 4.38. The number of hydrogen-bond acceptors (Lipinski definition) is 6. The molecule has 3 atom stereocenters. The van der Waals surface area contributed by atoms with Crippen molar-refractivity contribution in [1.82, 2.24) is 0 Å². The van der Waals surface area contributed by atoms with E-state index < -0.39 is 37.3 Å². The molecule has 0 bridgehead atoms. The van der Waals surface area contributed by atoms with Gasteiger partial charge in [0, 0.05) is 13.5 Å². The maximum atomic E-state index is 9.55. The van der Waals surface area contributed by atoms with E-state index >= 15 is 0 Å². The Morgan fingerprint density at radius 1 is 1.36 bits per heavy atom. The van der Waals surface area contributed by atoms with Gasteiger partial charge in [-0.1, -0.05) is 0 Å². The van der Waals surface area contributed by atoms with E-state index in [-0.39, 0.29) is 6.42 Å². The lowest BCUT2D eigenvalue weighted by molar-refractivity contribution is -0.304. The SMILES string of the molecule is CO[C@H]1C[C@@H](O)[C@@H](O)C(CO)(CO)O1. The third kappa shape index (κ3) is 1.90. The van der Waals surface area contributed by atoms with Crippen LogP contribution in [0.1, 0.15) is 6.42 Å². The molecule has 0 aromatic carbocycles. The minimum absolute atomic E-state index is 0.111. The highest BCUT2D eigenvalue weighted by molar-refractivity contribution is 4.95. The van der Waals surface area contributed by atoms with Crippen molar-refractivity contribution in [2.45, 2.75) is 30.5 Å². The molecule has 1 aliphatic rings. The van der Waals surface area contributed by atoms with Crippen LogP contribution < -0.4 is 0 Å². The van der Waals surface area contributed by atoms with Crippen LogP contribution in [-0.2, 0) is 9.47 Å². The van der Waals surface area contributed by atoms with Crippen molar-refractivity contribution in [3.05, 3.63) is 0 Å². The van der Waals surface area contributed by atoms with Gasteiger partial charge in [-0.15, -0.1) is 0 Å². The number of ether oxygens (including phenoxy) is 2. The summed E-state index contributed by atoms with van der Waals surface area (Å²) in [5.74, 6) is 0. The number of rotatable bonds is 3. The van der Waals surface area contributed by atoms with Gasteiger partial charge in [-0.3, -0.25) is 0 Å². The highest BCUT2D eigenvalue weighted by atomic mass is 16.7. The third-order valence-corrected chi connectivity index (χ3v) is 2.50. The monoisotopic (exact) mass is 208 g/mol. The number of hydrogen-bond donors (Lipinski definition) is 4. The summed E-state index contributed by atoms with van der Waals surface area (Å²) < 4.78 is 10.0. The van der Waals surface area contributed by atoms with Gasteiger partial charge in [0.1, 0.15) is 11.7 Å². The minimum atomic E-state index is -1.54. The first-order chi connectivity index (χ1) is 6.59. The van der Waals surface area contributed by atoms with E-state index in [1.54, 1.807) is 0 Å². The maximum absolute atomic E-state index is 9.55. The van der Waals surface area contributed by atoms with Crippen LogP contribution in [0.4, 0.5) is 0 Å². The van der Waals surface area contributed by atoms with E-state index in [9.17, 15) is 10.2 Å². The zero-order chi connectivity index (χ0) is 10.8. The van der Waals surface area contributed by atoms with Gasteiger partial charge in [-0.05, 0) is 0 Å². The predicted molar refractivity (Wildman–Crippen MR) is 45.4 cm³/mol. The summed E-state index contributed by atoms with van der Waals surface area (Å²) in [4.78, 5) is 0. The second-order valence-corrected chi connectivity index (χ2v) is 3.41. The molecular formula is C8H16O6. The van der Waals surface area contributed by atoms with Crippen LogP contribution in [0.25, 0.3) is 0 Å². The summed E-state index contributed by atoms with van der Waals surface area (Å²) in [7, 11) is 1.38. The van der Waals surface area contributed by atoms with Gasteiger partial charge in [0.15, 0.2) is 6.29 Å². The van der Waals surface area contributed by atoms with Gasteiger partial charge in [0.05, 0.1) is 19.3 Å². The van der Waals surface area contributed by atoms with Crippen LogP contribution in [0.2, 0.25) is 0 Å². The van der Waals surface area contributed by atoms with Crippen LogP contribution in [0.5, 0.6) is 0 Å². The molecule has 0 spiro atoms. The first-order valence-corrected chi connectivity index (χ1v) is 4.38. The van der Waals surface area contributed by atoms with Crippen LogP contribution in [0, 0.1) is 0 Å². The first kappa shape index (κ1) is 11.8. The molecule has 6 heteroatoms. The fourth-order valence-corrected chi connectivity index (χ4v) is 1.51. The summed E-state index contributed by atoms with van der Waals surface area (Å²) in [6.07, 6.45) is -3.01. The average molecular weight is 208 g/mol. The molecule has 1 saturated heterocycles. The lowest BCUT2D eigenvalue weighted by atomic mass is 9.89. The Balaban J connectivity index is 2.80. The lowest BCUT2D eigenvalue weighted by Gasteiger charge is -2.44. The Labute approximate surface area is 81.7 Å². The highest BCUT2D eigenvalue weighted by Crippen LogP contribution is 2.29. The molecule has 0 radical (unpaired) electrons. The van der Waals surface area contributed by atoms with E-state index in [0.717, 1.165) is 0 Å². The smallest absolute Gasteiger partial charge is 0.160 e. The molecule has 1 rings (SSSR count). The standard InChI is InChI=1S/C8H16O6/c1-13-6-2-5(11)7(12)8(3-9,4-10)14-6/h5-7,9-12H,2-4H2,1H3/t5-,6-,7-/m1/s1. The summed E-state index contributed by atoms with van der Waals surface area (Å²) in [5, 5.41) is 37.1. The molecule has 0 aromatic rings. The van der Waals surface area contributed by atoms with Gasteiger partial charge in [-0.2, -0.15) is 0 Å². The molecule has 1 fully saturated rings. The number of aliphatic hydroxyl groups is 4. The van der Waals surface area contributed by atoms with E-state index in [0.29, 0.717) is 0 Å². The van der Waals surface area contributed by atoms with Crippen molar-refractivity contribution in [2.24, 2.45) is 0 Å². The predicted octanol–water partition coefficient (Wildman–Crippen LogP) is -2.18. The molecule has 1 aliphatic heterocycles. The van der Waals surface area contributed by atoms with Gasteiger partial charge >= 0.3 is 0 Å². The number of methoxy groups -OCH3 is 1. The van der Waals surface area contributed by atoms with Crippen molar-refractivity contribution in [1.29, 1.82) is 0 Å². The Kier molecular flexibility index (Phi) is 3.82. The van der Waals surface area contributed by atoms with Gasteiger partial charge < -0.3 is 29.9 Å². The fraction of sp³-hybridized carbons (Fsp3) is 1.00. The fourth-order valence-electron chi connectivity index (χ4n) is 1.51. The molecule has 6 nitrogen and oxygen atoms in total. The second kappa shape index (κ2) is 4.52. The van der Waals surface area contributed by atoms with E-state index in [4.69, 9.17) is 19.7 Å². The minimum Gasteiger partial charge on any atom is -0.393 e. The lowest BCUT2D eigenvalue weighted by Crippen LogP contribution is -2.62. The normalized spacial score (nSPS) is 37.1. The Bertz CT molecular complexity index is 181. The zero-order valence-electron chi connectivity index (χ0n) is 7.96. The molecule has 0 amide bonds. The van der Waals surface area contributed by atoms with Gasteiger partial charge in [0.25, 0.3) is 0 Å². The quantitative estimate of drug-likeness (QED) is 0.421. The molecular weight excluding hydrogens is 192 g/mol. The van der Waals surface area contributed by atoms with E-state index in [1.807, 2.05) is 0 Å². The second-order valence-electron chi connectivity index (χ2n) is 3.41. The Hall–Kier alpha value is -0.240. The molecule has 0 unspecified atom stereocenters. The van der Waals surface area contributed by atoms with Crippen molar-refractivity contribution >= 4 is 0 Å². The largest absolute Gasteiger partial charge is 0.393 e. The summed E-state index contributed by atoms with van der Waals surface area (Å²) in [5.41, 5.74) is -1.54. The van der Waals surface area contributed by atoms with Crippen molar-refractivity contribution < 1.29 is 29.9 Å². The van der Waals surface area contributed by atoms with Crippen LogP contribution in [-0.4, -0.2) is 64.8 Å². The number of aliphatic hydroxyl groups excluding tert-OH is 4. The third-order valence-electron chi connectivity index (χ3n) is 2.50. The molecule has 14 heavy (non-hydrogen) atoms. The summed E-state index contributed by atoms with van der Waals surface area (Å²) in [6, 6.07) is 0. The summed E-state index contributed by atoms with van der Waals surface area (Å²) >= 11 is 0. The Morgan fingerprint density at radius 2 is 1.93 bits per heavy atom. The van der Waals surface area contributed by atoms with Gasteiger partial charge in [-0.25, -0.2) is 0 Å². The van der Waals surface area contributed by atoms with Crippen molar-refractivity contribution in [3.63, 3.8) is 0 Å². The van der Waals surface area contributed by atoms with E-state index in [2.05, 4.69) is 0 Å². The van der Waals surface area contributed by atoms with Crippen LogP contribution in [0.3, 0.4) is 0 Å². The topological polar surface area (TPSA) is 99.4 Å². The maximum Gasteiger partial charge on any atom is 0.160 e. The molecule has 0 saturated carbocycles.